The Hall–Kier alpha value is -2.10. The summed E-state index contributed by atoms with van der Waals surface area (Å²) in [4.78, 5) is 26.1. The fourth-order valence-electron chi connectivity index (χ4n) is 3.28. The molecule has 0 fully saturated rings. The van der Waals surface area contributed by atoms with Crippen LogP contribution in [0.5, 0.6) is 0 Å². The van der Waals surface area contributed by atoms with E-state index in [9.17, 15) is 18.0 Å². The first kappa shape index (κ1) is 27.1. The Labute approximate surface area is 201 Å². The zero-order valence-corrected chi connectivity index (χ0v) is 21.1. The summed E-state index contributed by atoms with van der Waals surface area (Å²) in [5.41, 5.74) is 0. The minimum atomic E-state index is -3.87. The Kier molecular flexibility index (Phi) is 11.2. The van der Waals surface area contributed by atoms with E-state index in [0.29, 0.717) is 18.6 Å². The number of ketones is 1. The number of amides is 1. The van der Waals surface area contributed by atoms with Crippen LogP contribution in [0.15, 0.2) is 58.0 Å². The lowest BCUT2D eigenvalue weighted by molar-refractivity contribution is -0.128. The van der Waals surface area contributed by atoms with Gasteiger partial charge in [0.15, 0.2) is 5.78 Å². The van der Waals surface area contributed by atoms with Crippen molar-refractivity contribution in [3.8, 4) is 0 Å². The van der Waals surface area contributed by atoms with Gasteiger partial charge in [-0.2, -0.15) is 4.72 Å². The maximum Gasteiger partial charge on any atom is 0.241 e. The van der Waals surface area contributed by atoms with Crippen molar-refractivity contribution in [2.75, 3.05) is 5.75 Å². The van der Waals surface area contributed by atoms with Crippen LogP contribution in [0.4, 0.5) is 0 Å². The molecule has 0 aliphatic carbocycles. The van der Waals surface area contributed by atoms with Crippen molar-refractivity contribution in [3.63, 3.8) is 0 Å². The van der Waals surface area contributed by atoms with Crippen LogP contribution in [0.1, 0.15) is 52.2 Å². The first-order valence-corrected chi connectivity index (χ1v) is 13.9. The van der Waals surface area contributed by atoms with Gasteiger partial charge in [0, 0.05) is 0 Å². The third kappa shape index (κ3) is 9.35. The molecule has 2 rings (SSSR count). The summed E-state index contributed by atoms with van der Waals surface area (Å²) >= 11 is 1.43. The molecule has 0 aliphatic heterocycles. The average Bonchev–Trinajstić information content (AvgIpc) is 3.29. The fourth-order valence-corrected chi connectivity index (χ4v) is 5.38. The number of unbranched alkanes of at least 4 members (excludes halogenated alkanes) is 1. The topological polar surface area (TPSA) is 105 Å². The average molecular weight is 495 g/mol. The van der Waals surface area contributed by atoms with Gasteiger partial charge in [-0.15, -0.1) is 11.8 Å². The van der Waals surface area contributed by atoms with E-state index < -0.39 is 28.0 Å². The van der Waals surface area contributed by atoms with Gasteiger partial charge in [0.2, 0.25) is 15.9 Å². The number of hydrogen-bond acceptors (Lipinski definition) is 6. The SMILES string of the molecule is CCCC[C@H](NC(=O)[C@H](CC(C)C)NS(=O)(=O)c1ccccc1)C(=O)CSCc1ccco1. The highest BCUT2D eigenvalue weighted by molar-refractivity contribution is 7.99. The van der Waals surface area contributed by atoms with Gasteiger partial charge in [0.1, 0.15) is 11.8 Å². The number of Topliss-reactive ketones (excluding diaryl/α,β-unsaturated/α-hetero) is 1. The van der Waals surface area contributed by atoms with Gasteiger partial charge < -0.3 is 9.73 Å². The molecule has 1 heterocycles. The number of nitrogens with one attached hydrogen (secondary N) is 2. The molecule has 33 heavy (non-hydrogen) atoms. The number of thioether (sulfide) groups is 1. The zero-order valence-electron chi connectivity index (χ0n) is 19.5. The van der Waals surface area contributed by atoms with E-state index in [2.05, 4.69) is 10.0 Å². The third-order valence-electron chi connectivity index (χ3n) is 4.99. The van der Waals surface area contributed by atoms with E-state index in [0.717, 1.165) is 18.6 Å². The normalized spacial score (nSPS) is 13.6. The predicted octanol–water partition coefficient (Wildman–Crippen LogP) is 4.15. The monoisotopic (exact) mass is 494 g/mol. The molecule has 0 aliphatic rings. The molecule has 182 valence electrons. The molecule has 2 N–H and O–H groups in total. The second kappa shape index (κ2) is 13.6. The molecule has 0 bridgehead atoms. The molecule has 1 aromatic carbocycles. The number of carbonyl (C=O) groups is 2. The van der Waals surface area contributed by atoms with Gasteiger partial charge in [-0.25, -0.2) is 8.42 Å². The minimum Gasteiger partial charge on any atom is -0.468 e. The number of carbonyl (C=O) groups excluding carboxylic acids is 2. The van der Waals surface area contributed by atoms with Crippen molar-refractivity contribution < 1.29 is 22.4 Å². The maximum atomic E-state index is 13.1. The van der Waals surface area contributed by atoms with Crippen LogP contribution in [-0.2, 0) is 25.4 Å². The summed E-state index contributed by atoms with van der Waals surface area (Å²) in [5.74, 6) is 1.11. The standard InChI is InChI=1S/C24H34N2O5S2/c1-4-5-13-21(23(27)17-32-16-19-10-9-14-31-19)25-24(28)22(15-18(2)3)26-33(29,30)20-11-7-6-8-12-20/h6-12,14,18,21-22,26H,4-5,13,15-17H2,1-3H3,(H,25,28)/t21-,22-/m0/s1. The number of furan rings is 1. The molecule has 0 unspecified atom stereocenters. The van der Waals surface area contributed by atoms with Gasteiger partial charge in [-0.3, -0.25) is 9.59 Å². The van der Waals surface area contributed by atoms with E-state index in [1.54, 1.807) is 30.5 Å². The van der Waals surface area contributed by atoms with Crippen molar-refractivity contribution in [1.29, 1.82) is 0 Å². The van der Waals surface area contributed by atoms with Gasteiger partial charge in [-0.1, -0.05) is 51.8 Å². The second-order valence-electron chi connectivity index (χ2n) is 8.36. The molecule has 0 spiro atoms. The highest BCUT2D eigenvalue weighted by atomic mass is 32.2. The quantitative estimate of drug-likeness (QED) is 0.385. The van der Waals surface area contributed by atoms with E-state index >= 15 is 0 Å². The Morgan fingerprint density at radius 3 is 2.39 bits per heavy atom. The summed E-state index contributed by atoms with van der Waals surface area (Å²) in [6, 6.07) is 9.98. The van der Waals surface area contributed by atoms with E-state index in [4.69, 9.17) is 4.42 Å². The molecule has 7 nitrogen and oxygen atoms in total. The maximum absolute atomic E-state index is 13.1. The van der Waals surface area contributed by atoms with Crippen molar-refractivity contribution in [2.45, 2.75) is 69.2 Å². The van der Waals surface area contributed by atoms with Crippen LogP contribution in [0, 0.1) is 5.92 Å². The number of benzene rings is 1. The lowest BCUT2D eigenvalue weighted by atomic mass is 10.0. The Morgan fingerprint density at radius 1 is 1.06 bits per heavy atom. The Bertz CT molecular complexity index is 960. The van der Waals surface area contributed by atoms with Crippen LogP contribution >= 0.6 is 11.8 Å². The summed E-state index contributed by atoms with van der Waals surface area (Å²) < 4.78 is 33.4. The Balaban J connectivity index is 2.07. The van der Waals surface area contributed by atoms with Crippen LogP contribution in [0.25, 0.3) is 0 Å². The van der Waals surface area contributed by atoms with Gasteiger partial charge >= 0.3 is 0 Å². The molecule has 0 saturated carbocycles. The first-order chi connectivity index (χ1) is 15.7. The van der Waals surface area contributed by atoms with Crippen LogP contribution in [-0.4, -0.2) is 37.9 Å². The number of sulfonamides is 1. The molecule has 1 amide bonds. The molecule has 9 heteroatoms. The molecule has 0 saturated heterocycles. The van der Waals surface area contributed by atoms with Crippen molar-refractivity contribution >= 4 is 33.5 Å². The molecule has 0 radical (unpaired) electrons. The van der Waals surface area contributed by atoms with Gasteiger partial charge in [0.05, 0.1) is 28.7 Å². The molecular weight excluding hydrogens is 460 g/mol. The van der Waals surface area contributed by atoms with Gasteiger partial charge in [-0.05, 0) is 43.0 Å². The van der Waals surface area contributed by atoms with E-state index in [-0.39, 0.29) is 22.3 Å². The van der Waals surface area contributed by atoms with E-state index in [1.807, 2.05) is 26.8 Å². The molecule has 1 aromatic heterocycles. The zero-order chi connectivity index (χ0) is 24.3. The molecule has 2 aromatic rings. The summed E-state index contributed by atoms with van der Waals surface area (Å²) in [6.07, 6.45) is 4.09. The minimum absolute atomic E-state index is 0.0767. The fraction of sp³-hybridized carbons (Fsp3) is 0.500. The predicted molar refractivity (Wildman–Crippen MR) is 131 cm³/mol. The van der Waals surface area contributed by atoms with Crippen LogP contribution in [0.2, 0.25) is 0 Å². The van der Waals surface area contributed by atoms with Crippen molar-refractivity contribution in [3.05, 3.63) is 54.5 Å². The largest absolute Gasteiger partial charge is 0.468 e. The number of rotatable bonds is 15. The summed E-state index contributed by atoms with van der Waals surface area (Å²) in [6.45, 7) is 5.86. The highest BCUT2D eigenvalue weighted by Gasteiger charge is 2.29. The lowest BCUT2D eigenvalue weighted by Gasteiger charge is -2.24. The smallest absolute Gasteiger partial charge is 0.241 e. The highest BCUT2D eigenvalue weighted by Crippen LogP contribution is 2.16. The van der Waals surface area contributed by atoms with Crippen molar-refractivity contribution in [2.24, 2.45) is 5.92 Å². The van der Waals surface area contributed by atoms with Crippen LogP contribution < -0.4 is 10.0 Å². The third-order valence-corrected chi connectivity index (χ3v) is 7.46. The molecular formula is C24H34N2O5S2. The molecule has 2 atom stereocenters. The summed E-state index contributed by atoms with van der Waals surface area (Å²) in [5, 5.41) is 2.82. The lowest BCUT2D eigenvalue weighted by Crippen LogP contribution is -2.52. The number of hydrogen-bond donors (Lipinski definition) is 2. The van der Waals surface area contributed by atoms with Crippen LogP contribution in [0.3, 0.4) is 0 Å². The Morgan fingerprint density at radius 2 is 1.79 bits per heavy atom. The second-order valence-corrected chi connectivity index (χ2v) is 11.1. The summed E-state index contributed by atoms with van der Waals surface area (Å²) in [7, 11) is -3.87. The van der Waals surface area contributed by atoms with E-state index in [1.165, 1.54) is 23.9 Å². The van der Waals surface area contributed by atoms with Crippen molar-refractivity contribution in [1.82, 2.24) is 10.0 Å². The van der Waals surface area contributed by atoms with Gasteiger partial charge in [0.25, 0.3) is 0 Å². The first-order valence-electron chi connectivity index (χ1n) is 11.2.